The van der Waals surface area contributed by atoms with Crippen molar-refractivity contribution in [3.8, 4) is 0 Å². The molecule has 0 bridgehead atoms. The van der Waals surface area contributed by atoms with Crippen LogP contribution in [0.4, 0.5) is 0 Å². The Morgan fingerprint density at radius 1 is 0.600 bits per heavy atom. The Morgan fingerprint density at radius 2 is 0.971 bits per heavy atom. The Morgan fingerprint density at radius 3 is 1.37 bits per heavy atom. The number of benzene rings is 4. The zero-order valence-corrected chi connectivity index (χ0v) is 22.5. The van der Waals surface area contributed by atoms with Gasteiger partial charge in [0, 0.05) is 0 Å². The molecule has 35 heavy (non-hydrogen) atoms. The third kappa shape index (κ3) is 6.46. The smallest absolute Gasteiger partial charge is 0.282 e. The standard InChI is InChI=1S/C29H30O3P2S/c1-23(33(25-13-6-3-7-14-25)26-15-8-4-9-16-26)21-24(2)34(27-17-10-5-11-18-27)28-19-12-20-29(22-28)35(30,31)32/h3-20,22-24H,21H2,1-2H3,(H,30,31,32)/t23-,24-,34?/m0/s1. The fraction of sp³-hybridized carbons (Fsp3) is 0.172. The fourth-order valence-corrected chi connectivity index (χ4v) is 11.1. The molecule has 4 aromatic rings. The van der Waals surface area contributed by atoms with E-state index in [0.717, 1.165) is 11.7 Å². The second kappa shape index (κ2) is 11.6. The summed E-state index contributed by atoms with van der Waals surface area (Å²) in [6.45, 7) is 4.62. The zero-order valence-electron chi connectivity index (χ0n) is 19.9. The van der Waals surface area contributed by atoms with Gasteiger partial charge in [-0.05, 0) is 66.9 Å². The maximum atomic E-state index is 11.9. The van der Waals surface area contributed by atoms with E-state index in [4.69, 9.17) is 0 Å². The lowest BCUT2D eigenvalue weighted by molar-refractivity contribution is 0.483. The third-order valence-corrected chi connectivity index (χ3v) is 12.5. The minimum atomic E-state index is -4.26. The van der Waals surface area contributed by atoms with Crippen LogP contribution in [-0.2, 0) is 10.1 Å². The van der Waals surface area contributed by atoms with Gasteiger partial charge in [0.25, 0.3) is 10.1 Å². The molecule has 4 rings (SSSR count). The van der Waals surface area contributed by atoms with Gasteiger partial charge in [-0.15, -0.1) is 0 Å². The first-order valence-corrected chi connectivity index (χ1v) is 15.9. The maximum Gasteiger partial charge on any atom is 0.294 e. The number of rotatable bonds is 9. The zero-order chi connectivity index (χ0) is 24.8. The first-order chi connectivity index (χ1) is 16.8. The summed E-state index contributed by atoms with van der Waals surface area (Å²) < 4.78 is 33.4. The van der Waals surface area contributed by atoms with Gasteiger partial charge >= 0.3 is 0 Å². The van der Waals surface area contributed by atoms with E-state index in [2.05, 4.69) is 86.6 Å². The first kappa shape index (κ1) is 25.7. The largest absolute Gasteiger partial charge is 0.294 e. The van der Waals surface area contributed by atoms with Crippen LogP contribution in [0.2, 0.25) is 0 Å². The summed E-state index contributed by atoms with van der Waals surface area (Å²) >= 11 is 0. The molecule has 3 atom stereocenters. The molecule has 1 N–H and O–H groups in total. The van der Waals surface area contributed by atoms with Crippen LogP contribution in [0, 0.1) is 0 Å². The van der Waals surface area contributed by atoms with Crippen LogP contribution < -0.4 is 21.2 Å². The molecule has 0 spiro atoms. The van der Waals surface area contributed by atoms with Crippen molar-refractivity contribution < 1.29 is 13.0 Å². The molecule has 6 heteroatoms. The summed E-state index contributed by atoms with van der Waals surface area (Å²) in [6, 6.07) is 38.7. The second-order valence-corrected chi connectivity index (χ2v) is 15.4. The normalized spacial score (nSPS) is 14.4. The number of hydrogen-bond acceptors (Lipinski definition) is 2. The molecular weight excluding hydrogens is 490 g/mol. The Hall–Kier alpha value is -2.35. The van der Waals surface area contributed by atoms with Crippen molar-refractivity contribution in [2.24, 2.45) is 0 Å². The summed E-state index contributed by atoms with van der Waals surface area (Å²) in [5.41, 5.74) is 0.722. The minimum Gasteiger partial charge on any atom is -0.282 e. The van der Waals surface area contributed by atoms with Crippen LogP contribution in [0.5, 0.6) is 0 Å². The highest BCUT2D eigenvalue weighted by Gasteiger charge is 2.28. The highest BCUT2D eigenvalue weighted by molar-refractivity contribution is 7.86. The van der Waals surface area contributed by atoms with Crippen molar-refractivity contribution in [1.29, 1.82) is 0 Å². The van der Waals surface area contributed by atoms with Gasteiger partial charge in [-0.2, -0.15) is 8.42 Å². The molecule has 0 aliphatic carbocycles. The highest BCUT2D eigenvalue weighted by Crippen LogP contribution is 2.48. The second-order valence-electron chi connectivity index (χ2n) is 8.65. The summed E-state index contributed by atoms with van der Waals surface area (Å²) in [6.07, 6.45) is 0.992. The molecule has 0 fully saturated rings. The molecule has 0 heterocycles. The number of hydrogen-bond donors (Lipinski definition) is 1. The van der Waals surface area contributed by atoms with Gasteiger partial charge in [-0.1, -0.05) is 117 Å². The lowest BCUT2D eigenvalue weighted by Crippen LogP contribution is -2.26. The van der Waals surface area contributed by atoms with Gasteiger partial charge in [0.1, 0.15) is 0 Å². The molecule has 3 nitrogen and oxygen atoms in total. The van der Waals surface area contributed by atoms with Gasteiger partial charge in [0.2, 0.25) is 0 Å². The van der Waals surface area contributed by atoms with Gasteiger partial charge in [0.15, 0.2) is 0 Å². The predicted octanol–water partition coefficient (Wildman–Crippen LogP) is 5.67. The van der Waals surface area contributed by atoms with Gasteiger partial charge in [-0.25, -0.2) is 0 Å². The summed E-state index contributed by atoms with van der Waals surface area (Å²) in [5, 5.41) is 4.90. The fourth-order valence-electron chi connectivity index (χ4n) is 4.58. The van der Waals surface area contributed by atoms with Gasteiger partial charge < -0.3 is 0 Å². The van der Waals surface area contributed by atoms with E-state index in [9.17, 15) is 13.0 Å². The summed E-state index contributed by atoms with van der Waals surface area (Å²) in [7, 11) is -5.65. The van der Waals surface area contributed by atoms with E-state index in [1.54, 1.807) is 12.1 Å². The lowest BCUT2D eigenvalue weighted by atomic mass is 10.3. The summed E-state index contributed by atoms with van der Waals surface area (Å²) in [4.78, 5) is -0.0468. The first-order valence-electron chi connectivity index (χ1n) is 11.7. The monoisotopic (exact) mass is 520 g/mol. The Kier molecular flexibility index (Phi) is 8.52. The van der Waals surface area contributed by atoms with E-state index in [0.29, 0.717) is 11.3 Å². The topological polar surface area (TPSA) is 54.4 Å². The van der Waals surface area contributed by atoms with Crippen molar-refractivity contribution in [2.75, 3.05) is 0 Å². The quantitative estimate of drug-likeness (QED) is 0.229. The molecule has 4 aromatic carbocycles. The van der Waals surface area contributed by atoms with E-state index in [1.807, 2.05) is 24.3 Å². The molecule has 0 aliphatic heterocycles. The van der Waals surface area contributed by atoms with Crippen LogP contribution in [0.25, 0.3) is 0 Å². The van der Waals surface area contributed by atoms with Crippen LogP contribution in [0.1, 0.15) is 20.3 Å². The van der Waals surface area contributed by atoms with E-state index >= 15 is 0 Å². The molecule has 0 saturated heterocycles. The summed E-state index contributed by atoms with van der Waals surface area (Å²) in [5.74, 6) is 0. The average molecular weight is 521 g/mol. The van der Waals surface area contributed by atoms with Crippen LogP contribution in [0.15, 0.2) is 120 Å². The Bertz CT molecular complexity index is 1290. The van der Waals surface area contributed by atoms with Crippen LogP contribution in [0.3, 0.4) is 0 Å². The minimum absolute atomic E-state index is 0.0468. The van der Waals surface area contributed by atoms with E-state index in [1.165, 1.54) is 22.0 Å². The van der Waals surface area contributed by atoms with E-state index < -0.39 is 26.0 Å². The van der Waals surface area contributed by atoms with E-state index in [-0.39, 0.29) is 4.90 Å². The van der Waals surface area contributed by atoms with Gasteiger partial charge in [-0.3, -0.25) is 4.55 Å². The average Bonchev–Trinajstić information content (AvgIpc) is 2.86. The van der Waals surface area contributed by atoms with Crippen molar-refractivity contribution >= 4 is 47.2 Å². The third-order valence-electron chi connectivity index (χ3n) is 6.06. The molecule has 1 unspecified atom stereocenters. The highest BCUT2D eigenvalue weighted by atomic mass is 32.2. The van der Waals surface area contributed by atoms with Crippen LogP contribution >= 0.6 is 15.8 Å². The molecule has 180 valence electrons. The molecule has 0 saturated carbocycles. The Balaban J connectivity index is 1.70. The van der Waals surface area contributed by atoms with Crippen LogP contribution in [-0.4, -0.2) is 24.3 Å². The van der Waals surface area contributed by atoms with Crippen molar-refractivity contribution in [3.05, 3.63) is 115 Å². The Labute approximate surface area is 211 Å². The molecular formula is C29H30O3P2S. The van der Waals surface area contributed by atoms with Crippen molar-refractivity contribution in [3.63, 3.8) is 0 Å². The van der Waals surface area contributed by atoms with Crippen molar-refractivity contribution in [1.82, 2.24) is 0 Å². The SMILES string of the molecule is C[C@@H](C[C@H](C)P(c1ccccc1)c1cccc(S(=O)(=O)O)c1)P(c1ccccc1)c1ccccc1. The lowest BCUT2D eigenvalue weighted by Gasteiger charge is -2.32. The molecule has 0 aromatic heterocycles. The molecule has 0 amide bonds. The molecule has 0 aliphatic rings. The van der Waals surface area contributed by atoms with Crippen molar-refractivity contribution in [2.45, 2.75) is 36.5 Å². The predicted molar refractivity (Wildman–Crippen MR) is 151 cm³/mol. The molecule has 0 radical (unpaired) electrons. The maximum absolute atomic E-state index is 11.9. The van der Waals surface area contributed by atoms with Gasteiger partial charge in [0.05, 0.1) is 4.90 Å².